The van der Waals surface area contributed by atoms with Gasteiger partial charge in [-0.1, -0.05) is 24.3 Å². The molecule has 0 aliphatic carbocycles. The summed E-state index contributed by atoms with van der Waals surface area (Å²) in [6.45, 7) is 3.14. The number of benzene rings is 1. The highest BCUT2D eigenvalue weighted by Crippen LogP contribution is 2.30. The van der Waals surface area contributed by atoms with Crippen LogP contribution in [0.4, 0.5) is 5.82 Å². The second-order valence-electron chi connectivity index (χ2n) is 4.96. The number of pyridine rings is 1. The van der Waals surface area contributed by atoms with Crippen LogP contribution >= 0.6 is 11.8 Å². The Morgan fingerprint density at radius 2 is 2.15 bits per heavy atom. The average molecular weight is 288 g/mol. The number of aromatic carboxylic acids is 1. The van der Waals surface area contributed by atoms with Crippen LogP contribution in [-0.2, 0) is 0 Å². The van der Waals surface area contributed by atoms with E-state index < -0.39 is 5.97 Å². The van der Waals surface area contributed by atoms with Crippen LogP contribution in [0.5, 0.6) is 0 Å². The Hall–Kier alpha value is -1.75. The fraction of sp³-hybridized carbons (Fsp3) is 0.333. The molecule has 20 heavy (non-hydrogen) atoms. The van der Waals surface area contributed by atoms with Crippen LogP contribution < -0.4 is 4.90 Å². The normalized spacial score (nSPS) is 19.2. The van der Waals surface area contributed by atoms with Gasteiger partial charge in [0.15, 0.2) is 0 Å². The van der Waals surface area contributed by atoms with Gasteiger partial charge in [0, 0.05) is 41.1 Å². The highest BCUT2D eigenvalue weighted by molar-refractivity contribution is 7.99. The molecular formula is C15H16N2O2S. The van der Waals surface area contributed by atoms with E-state index in [1.54, 1.807) is 0 Å². The van der Waals surface area contributed by atoms with Gasteiger partial charge in [-0.25, -0.2) is 9.78 Å². The lowest BCUT2D eigenvalue weighted by molar-refractivity contribution is 0.0698. The average Bonchev–Trinajstić information content (AvgIpc) is 2.46. The molecule has 1 aliphatic heterocycles. The molecular weight excluding hydrogens is 272 g/mol. The maximum absolute atomic E-state index is 11.3. The van der Waals surface area contributed by atoms with Gasteiger partial charge in [0.1, 0.15) is 5.82 Å². The molecule has 0 spiro atoms. The van der Waals surface area contributed by atoms with Crippen LogP contribution in [0.3, 0.4) is 0 Å². The fourth-order valence-electron chi connectivity index (χ4n) is 2.62. The monoisotopic (exact) mass is 288 g/mol. The molecule has 1 fully saturated rings. The summed E-state index contributed by atoms with van der Waals surface area (Å²) in [5, 5.41) is 11.0. The van der Waals surface area contributed by atoms with E-state index in [0.29, 0.717) is 6.04 Å². The molecule has 1 aromatic heterocycles. The first-order chi connectivity index (χ1) is 9.68. The minimum absolute atomic E-state index is 0.267. The number of carboxylic acids is 1. The molecule has 1 atom stereocenters. The molecule has 5 heteroatoms. The lowest BCUT2D eigenvalue weighted by Crippen LogP contribution is -2.41. The fourth-order valence-corrected chi connectivity index (χ4v) is 3.63. The second kappa shape index (κ2) is 5.32. The second-order valence-corrected chi connectivity index (χ2v) is 6.11. The summed E-state index contributed by atoms with van der Waals surface area (Å²) >= 11 is 1.95. The number of carboxylic acid groups (broad SMARTS) is 1. The maximum atomic E-state index is 11.3. The predicted octanol–water partition coefficient (Wildman–Crippen LogP) is 2.87. The highest BCUT2D eigenvalue weighted by atomic mass is 32.2. The summed E-state index contributed by atoms with van der Waals surface area (Å²) in [4.78, 5) is 18.0. The summed E-state index contributed by atoms with van der Waals surface area (Å²) in [7, 11) is 0. The zero-order valence-electron chi connectivity index (χ0n) is 11.2. The molecule has 2 heterocycles. The highest BCUT2D eigenvalue weighted by Gasteiger charge is 2.23. The molecule has 0 amide bonds. The van der Waals surface area contributed by atoms with E-state index in [-0.39, 0.29) is 5.56 Å². The van der Waals surface area contributed by atoms with E-state index in [0.717, 1.165) is 34.6 Å². The molecule has 4 nitrogen and oxygen atoms in total. The summed E-state index contributed by atoms with van der Waals surface area (Å²) in [6, 6.07) is 8.03. The lowest BCUT2D eigenvalue weighted by atomic mass is 10.1. The standard InChI is InChI=1S/C15H16N2O2S/c1-10-9-20-7-6-17(10)14-12-5-3-2-4-11(12)13(8-16-14)15(18)19/h2-5,8,10H,6-7,9H2,1H3,(H,18,19). The van der Waals surface area contributed by atoms with Crippen molar-refractivity contribution in [2.24, 2.45) is 0 Å². The molecule has 1 aliphatic rings. The molecule has 1 N–H and O–H groups in total. The molecule has 104 valence electrons. The van der Waals surface area contributed by atoms with Gasteiger partial charge in [0.25, 0.3) is 0 Å². The molecule has 2 aromatic rings. The largest absolute Gasteiger partial charge is 0.478 e. The number of hydrogen-bond donors (Lipinski definition) is 1. The van der Waals surface area contributed by atoms with Crippen molar-refractivity contribution in [3.05, 3.63) is 36.0 Å². The Labute approximate surface area is 121 Å². The van der Waals surface area contributed by atoms with Gasteiger partial charge < -0.3 is 10.0 Å². The summed E-state index contributed by atoms with van der Waals surface area (Å²) in [5.74, 6) is 2.14. The Kier molecular flexibility index (Phi) is 3.53. The zero-order chi connectivity index (χ0) is 14.1. The maximum Gasteiger partial charge on any atom is 0.337 e. The van der Waals surface area contributed by atoms with Crippen molar-refractivity contribution in [1.29, 1.82) is 0 Å². The minimum Gasteiger partial charge on any atom is -0.478 e. The number of carbonyl (C=O) groups is 1. The molecule has 3 rings (SSSR count). The van der Waals surface area contributed by atoms with Gasteiger partial charge in [-0.15, -0.1) is 0 Å². The summed E-state index contributed by atoms with van der Waals surface area (Å²) in [5.41, 5.74) is 0.267. The van der Waals surface area contributed by atoms with Crippen molar-refractivity contribution in [2.75, 3.05) is 23.0 Å². The van der Waals surface area contributed by atoms with Crippen LogP contribution in [0.2, 0.25) is 0 Å². The van der Waals surface area contributed by atoms with Crippen LogP contribution in [0.25, 0.3) is 10.8 Å². The predicted molar refractivity (Wildman–Crippen MR) is 82.8 cm³/mol. The minimum atomic E-state index is -0.928. The van der Waals surface area contributed by atoms with Crippen molar-refractivity contribution in [1.82, 2.24) is 4.98 Å². The van der Waals surface area contributed by atoms with E-state index in [1.165, 1.54) is 6.20 Å². The van der Waals surface area contributed by atoms with E-state index in [9.17, 15) is 9.90 Å². The number of thioether (sulfide) groups is 1. The molecule has 0 saturated carbocycles. The Morgan fingerprint density at radius 3 is 2.85 bits per heavy atom. The van der Waals surface area contributed by atoms with Gasteiger partial charge in [0.05, 0.1) is 5.56 Å². The number of aromatic nitrogens is 1. The van der Waals surface area contributed by atoms with Gasteiger partial charge in [0.2, 0.25) is 0 Å². The third-order valence-corrected chi connectivity index (χ3v) is 4.83. The molecule has 0 bridgehead atoms. The van der Waals surface area contributed by atoms with Crippen LogP contribution in [-0.4, -0.2) is 40.2 Å². The first-order valence-corrected chi connectivity index (χ1v) is 7.79. The van der Waals surface area contributed by atoms with Gasteiger partial charge in [-0.3, -0.25) is 0 Å². The number of hydrogen-bond acceptors (Lipinski definition) is 4. The van der Waals surface area contributed by atoms with Gasteiger partial charge >= 0.3 is 5.97 Å². The van der Waals surface area contributed by atoms with Crippen molar-refractivity contribution in [3.8, 4) is 0 Å². The van der Waals surface area contributed by atoms with E-state index in [4.69, 9.17) is 0 Å². The summed E-state index contributed by atoms with van der Waals surface area (Å²) in [6.07, 6.45) is 1.48. The van der Waals surface area contributed by atoms with Crippen molar-refractivity contribution >= 4 is 34.3 Å². The molecule has 0 radical (unpaired) electrons. The molecule has 1 saturated heterocycles. The third kappa shape index (κ3) is 2.22. The van der Waals surface area contributed by atoms with Crippen molar-refractivity contribution in [2.45, 2.75) is 13.0 Å². The molecule has 1 aromatic carbocycles. The molecule has 1 unspecified atom stereocenters. The Bertz CT molecular complexity index is 659. The lowest BCUT2D eigenvalue weighted by Gasteiger charge is -2.34. The Morgan fingerprint density at radius 1 is 1.40 bits per heavy atom. The van der Waals surface area contributed by atoms with Crippen molar-refractivity contribution < 1.29 is 9.90 Å². The Balaban J connectivity index is 2.17. The smallest absolute Gasteiger partial charge is 0.337 e. The number of fused-ring (bicyclic) bond motifs is 1. The van der Waals surface area contributed by atoms with Gasteiger partial charge in [-0.2, -0.15) is 11.8 Å². The SMILES string of the molecule is CC1CSCCN1c1ncc(C(=O)O)c2ccccc12. The number of rotatable bonds is 2. The van der Waals surface area contributed by atoms with Crippen LogP contribution in [0, 0.1) is 0 Å². The first kappa shape index (κ1) is 13.2. The van der Waals surface area contributed by atoms with Crippen LogP contribution in [0.15, 0.2) is 30.5 Å². The first-order valence-electron chi connectivity index (χ1n) is 6.64. The zero-order valence-corrected chi connectivity index (χ0v) is 12.1. The van der Waals surface area contributed by atoms with E-state index >= 15 is 0 Å². The number of nitrogens with zero attached hydrogens (tertiary/aromatic N) is 2. The topological polar surface area (TPSA) is 53.4 Å². The summed E-state index contributed by atoms with van der Waals surface area (Å²) < 4.78 is 0. The van der Waals surface area contributed by atoms with Crippen LogP contribution in [0.1, 0.15) is 17.3 Å². The number of anilines is 1. The quantitative estimate of drug-likeness (QED) is 0.921. The van der Waals surface area contributed by atoms with Crippen molar-refractivity contribution in [3.63, 3.8) is 0 Å². The van der Waals surface area contributed by atoms with Gasteiger partial charge in [-0.05, 0) is 6.92 Å². The van der Waals surface area contributed by atoms with E-state index in [2.05, 4.69) is 16.8 Å². The third-order valence-electron chi connectivity index (χ3n) is 3.64. The van der Waals surface area contributed by atoms with E-state index in [1.807, 2.05) is 36.0 Å².